The minimum absolute atomic E-state index is 0.143. The van der Waals surface area contributed by atoms with Crippen LogP contribution in [0.25, 0.3) is 10.9 Å². The first-order chi connectivity index (χ1) is 19.3. The zero-order chi connectivity index (χ0) is 28.1. The fourth-order valence-corrected chi connectivity index (χ4v) is 6.33. The molecular formula is C30H45F2N5O3. The summed E-state index contributed by atoms with van der Waals surface area (Å²) in [5.74, 6) is 0.312. The van der Waals surface area contributed by atoms with Crippen molar-refractivity contribution in [2.75, 3.05) is 56.7 Å². The summed E-state index contributed by atoms with van der Waals surface area (Å²) >= 11 is 0. The summed E-state index contributed by atoms with van der Waals surface area (Å²) in [4.78, 5) is 14.0. The van der Waals surface area contributed by atoms with E-state index in [0.29, 0.717) is 41.3 Å². The van der Waals surface area contributed by atoms with E-state index < -0.39 is 5.92 Å². The number of hydrogen-bond acceptors (Lipinski definition) is 8. The molecule has 2 saturated heterocycles. The molecule has 40 heavy (non-hydrogen) atoms. The first-order valence-corrected chi connectivity index (χ1v) is 15.1. The van der Waals surface area contributed by atoms with Crippen LogP contribution in [0, 0.1) is 5.92 Å². The number of halogens is 2. The predicted octanol–water partition coefficient (Wildman–Crippen LogP) is 5.48. The Balaban J connectivity index is 1.37. The number of methoxy groups -OCH3 is 1. The van der Waals surface area contributed by atoms with Crippen LogP contribution >= 0.6 is 0 Å². The molecule has 1 saturated carbocycles. The zero-order valence-electron chi connectivity index (χ0n) is 24.0. The van der Waals surface area contributed by atoms with E-state index in [1.54, 1.807) is 7.11 Å². The number of fused-ring (bicyclic) bond motifs is 1. The van der Waals surface area contributed by atoms with Crippen molar-refractivity contribution in [1.82, 2.24) is 14.9 Å². The lowest BCUT2D eigenvalue weighted by molar-refractivity contribution is -0.0222. The Morgan fingerprint density at radius 1 is 1.05 bits per heavy atom. The first-order valence-electron chi connectivity index (χ1n) is 15.1. The molecule has 222 valence electrons. The largest absolute Gasteiger partial charge is 0.493 e. The van der Waals surface area contributed by atoms with Gasteiger partial charge >= 0.3 is 0 Å². The molecular weight excluding hydrogens is 516 g/mol. The van der Waals surface area contributed by atoms with Gasteiger partial charge in [0.2, 0.25) is 5.95 Å². The molecule has 5 rings (SSSR count). The van der Waals surface area contributed by atoms with Crippen molar-refractivity contribution in [2.45, 2.75) is 89.2 Å². The van der Waals surface area contributed by atoms with Crippen molar-refractivity contribution in [3.63, 3.8) is 0 Å². The van der Waals surface area contributed by atoms with Gasteiger partial charge in [0.25, 0.3) is 5.92 Å². The van der Waals surface area contributed by atoms with Gasteiger partial charge in [0.1, 0.15) is 5.82 Å². The molecule has 1 aromatic heterocycles. The highest BCUT2D eigenvalue weighted by molar-refractivity contribution is 5.93. The van der Waals surface area contributed by atoms with Crippen molar-refractivity contribution >= 4 is 22.7 Å². The normalized spacial score (nSPS) is 24.3. The van der Waals surface area contributed by atoms with Crippen LogP contribution < -0.4 is 19.7 Å². The molecule has 0 bridgehead atoms. The van der Waals surface area contributed by atoms with Gasteiger partial charge in [0.05, 0.1) is 25.3 Å². The molecule has 10 heteroatoms. The topological polar surface area (TPSA) is 83.0 Å². The number of hydrogen-bond donors (Lipinski definition) is 2. The van der Waals surface area contributed by atoms with Gasteiger partial charge in [-0.15, -0.1) is 0 Å². The number of likely N-dealkylation sites (tertiary alicyclic amines) is 1. The maximum atomic E-state index is 13.9. The quantitative estimate of drug-likeness (QED) is 0.349. The van der Waals surface area contributed by atoms with E-state index in [9.17, 15) is 13.9 Å². The molecule has 0 spiro atoms. The van der Waals surface area contributed by atoms with Gasteiger partial charge in [0, 0.05) is 50.0 Å². The third kappa shape index (κ3) is 7.43. The Morgan fingerprint density at radius 3 is 2.48 bits per heavy atom. The predicted molar refractivity (Wildman–Crippen MR) is 154 cm³/mol. The molecule has 1 unspecified atom stereocenters. The van der Waals surface area contributed by atoms with Crippen molar-refractivity contribution in [2.24, 2.45) is 5.92 Å². The Hall–Kier alpha value is -2.46. The van der Waals surface area contributed by atoms with E-state index in [1.165, 1.54) is 25.9 Å². The number of nitrogens with one attached hydrogen (secondary N) is 1. The molecule has 8 nitrogen and oxygen atoms in total. The third-order valence-electron chi connectivity index (χ3n) is 8.71. The number of aromatic nitrogens is 2. The maximum absolute atomic E-state index is 13.9. The second kappa shape index (κ2) is 13.0. The smallest absolute Gasteiger partial charge is 0.251 e. The van der Waals surface area contributed by atoms with Crippen LogP contribution in [-0.2, 0) is 0 Å². The molecule has 3 aliphatic rings. The standard InChI is InChI=1S/C30H45F2N5O3/c1-21(18-22-6-8-23(38)9-7-22)33-28-24-19-26(39-2)27(40-17-5-14-36-12-3-4-13-36)20-25(24)34-29(35-28)37-15-10-30(31,32)11-16-37/h19-23,38H,3-18H2,1-2H3,(H,33,34,35). The molecule has 2 N–H and O–H groups in total. The number of anilines is 2. The average Bonchev–Trinajstić information content (AvgIpc) is 3.45. The fourth-order valence-electron chi connectivity index (χ4n) is 6.33. The molecule has 1 aliphatic carbocycles. The monoisotopic (exact) mass is 561 g/mol. The van der Waals surface area contributed by atoms with Crippen LogP contribution in [0.15, 0.2) is 12.1 Å². The fraction of sp³-hybridized carbons (Fsp3) is 0.733. The SMILES string of the molecule is COc1cc2c(NC(C)CC3CCC(O)CC3)nc(N3CCC(F)(F)CC3)nc2cc1OCCCN1CCCC1. The lowest BCUT2D eigenvalue weighted by Gasteiger charge is -2.32. The van der Waals surface area contributed by atoms with Crippen molar-refractivity contribution in [3.05, 3.63) is 12.1 Å². The summed E-state index contributed by atoms with van der Waals surface area (Å²) in [6, 6.07) is 3.96. The molecule has 2 aliphatic heterocycles. The van der Waals surface area contributed by atoms with Crippen molar-refractivity contribution in [1.29, 1.82) is 0 Å². The summed E-state index contributed by atoms with van der Waals surface area (Å²) in [5, 5.41) is 14.3. The molecule has 0 amide bonds. The number of benzene rings is 1. The van der Waals surface area contributed by atoms with E-state index in [1.807, 2.05) is 17.0 Å². The molecule has 1 aromatic carbocycles. The van der Waals surface area contributed by atoms with Crippen LogP contribution in [-0.4, -0.2) is 84.5 Å². The first kappa shape index (κ1) is 29.0. The van der Waals surface area contributed by atoms with Gasteiger partial charge in [-0.1, -0.05) is 0 Å². The average molecular weight is 562 g/mol. The van der Waals surface area contributed by atoms with E-state index in [4.69, 9.17) is 19.4 Å². The summed E-state index contributed by atoms with van der Waals surface area (Å²) in [6.45, 7) is 6.51. The summed E-state index contributed by atoms with van der Waals surface area (Å²) < 4.78 is 39.7. The number of rotatable bonds is 11. The van der Waals surface area contributed by atoms with Gasteiger partial charge in [-0.25, -0.2) is 13.8 Å². The van der Waals surface area contributed by atoms with Gasteiger partial charge < -0.3 is 29.7 Å². The Kier molecular flexibility index (Phi) is 9.45. The number of aliphatic hydroxyl groups is 1. The van der Waals surface area contributed by atoms with Crippen LogP contribution in [0.1, 0.15) is 71.1 Å². The van der Waals surface area contributed by atoms with Gasteiger partial charge in [-0.05, 0) is 83.4 Å². The van der Waals surface area contributed by atoms with Crippen molar-refractivity contribution in [3.8, 4) is 11.5 Å². The minimum atomic E-state index is -2.64. The van der Waals surface area contributed by atoms with E-state index in [-0.39, 0.29) is 38.1 Å². The number of piperidine rings is 1. The van der Waals surface area contributed by atoms with Crippen LogP contribution in [0.4, 0.5) is 20.5 Å². The number of ether oxygens (including phenoxy) is 2. The summed E-state index contributed by atoms with van der Waals surface area (Å²) in [6.07, 6.45) is 7.64. The lowest BCUT2D eigenvalue weighted by atomic mass is 9.84. The van der Waals surface area contributed by atoms with Crippen LogP contribution in [0.2, 0.25) is 0 Å². The highest BCUT2D eigenvalue weighted by Gasteiger charge is 2.35. The van der Waals surface area contributed by atoms with Gasteiger partial charge in [0.15, 0.2) is 11.5 Å². The van der Waals surface area contributed by atoms with E-state index in [0.717, 1.165) is 50.5 Å². The minimum Gasteiger partial charge on any atom is -0.493 e. The zero-order valence-corrected chi connectivity index (χ0v) is 24.0. The Bertz CT molecular complexity index is 1110. The molecule has 1 atom stereocenters. The highest BCUT2D eigenvalue weighted by Crippen LogP contribution is 2.37. The third-order valence-corrected chi connectivity index (χ3v) is 8.71. The number of aliphatic hydroxyl groups excluding tert-OH is 1. The van der Waals surface area contributed by atoms with E-state index >= 15 is 0 Å². The van der Waals surface area contributed by atoms with Crippen LogP contribution in [0.5, 0.6) is 11.5 Å². The second-order valence-corrected chi connectivity index (χ2v) is 11.9. The van der Waals surface area contributed by atoms with Crippen molar-refractivity contribution < 1.29 is 23.4 Å². The van der Waals surface area contributed by atoms with Gasteiger partial charge in [-0.3, -0.25) is 0 Å². The molecule has 3 fully saturated rings. The summed E-state index contributed by atoms with van der Waals surface area (Å²) in [5.41, 5.74) is 0.702. The van der Waals surface area contributed by atoms with E-state index in [2.05, 4.69) is 17.1 Å². The molecule has 0 radical (unpaired) electrons. The highest BCUT2D eigenvalue weighted by atomic mass is 19.3. The second-order valence-electron chi connectivity index (χ2n) is 11.9. The number of alkyl halides is 2. The van der Waals surface area contributed by atoms with Gasteiger partial charge in [-0.2, -0.15) is 4.98 Å². The molecule has 3 heterocycles. The summed E-state index contributed by atoms with van der Waals surface area (Å²) in [7, 11) is 1.63. The number of nitrogens with zero attached hydrogens (tertiary/aromatic N) is 4. The Morgan fingerprint density at radius 2 is 1.77 bits per heavy atom. The van der Waals surface area contributed by atoms with Crippen LogP contribution in [0.3, 0.4) is 0 Å². The lowest BCUT2D eigenvalue weighted by Crippen LogP contribution is -2.40. The maximum Gasteiger partial charge on any atom is 0.251 e. The molecule has 2 aromatic rings. The Labute approximate surface area is 236 Å².